The minimum atomic E-state index is -4.24. The zero-order valence-corrected chi connectivity index (χ0v) is 6.21. The highest BCUT2D eigenvalue weighted by molar-refractivity contribution is 6.28. The maximum absolute atomic E-state index is 11.9. The van der Waals surface area contributed by atoms with Gasteiger partial charge in [0.1, 0.15) is 0 Å². The Labute approximate surface area is 67.3 Å². The third-order valence-electron chi connectivity index (χ3n) is 1.29. The number of alkyl halides is 3. The zero-order valence-electron chi connectivity index (χ0n) is 5.45. The lowest BCUT2D eigenvalue weighted by Gasteiger charge is -2.12. The normalized spacial score (nSPS) is 20.2. The second-order valence-corrected chi connectivity index (χ2v) is 2.63. The van der Waals surface area contributed by atoms with Gasteiger partial charge in [0, 0.05) is 0 Å². The molecule has 1 radical (unpaired) electrons. The van der Waals surface area contributed by atoms with Gasteiger partial charge in [0.2, 0.25) is 0 Å². The first-order valence-electron chi connectivity index (χ1n) is 2.97. The van der Waals surface area contributed by atoms with Crippen molar-refractivity contribution >= 4 is 11.6 Å². The summed E-state index contributed by atoms with van der Waals surface area (Å²) < 4.78 is 35.7. The Morgan fingerprint density at radius 2 is 1.91 bits per heavy atom. The van der Waals surface area contributed by atoms with E-state index in [-0.39, 0.29) is 6.42 Å². The summed E-state index contributed by atoms with van der Waals surface area (Å²) in [5.41, 5.74) is -0.623. The predicted molar refractivity (Wildman–Crippen MR) is 37.0 cm³/mol. The molecule has 0 N–H and O–H groups in total. The Morgan fingerprint density at radius 3 is 2.27 bits per heavy atom. The number of halogens is 4. The number of hydrogen-bond acceptors (Lipinski definition) is 0. The van der Waals surface area contributed by atoms with Crippen LogP contribution in [0.2, 0.25) is 0 Å². The highest BCUT2D eigenvalue weighted by atomic mass is 35.5. The summed E-state index contributed by atoms with van der Waals surface area (Å²) in [5.74, 6) is 0. The molecule has 0 aliphatic heterocycles. The van der Waals surface area contributed by atoms with Crippen LogP contribution in [-0.2, 0) is 0 Å². The van der Waals surface area contributed by atoms with E-state index in [9.17, 15) is 13.2 Å². The molecule has 0 unspecified atom stereocenters. The van der Waals surface area contributed by atoms with Crippen molar-refractivity contribution in [1.29, 1.82) is 0 Å². The van der Waals surface area contributed by atoms with Gasteiger partial charge in [-0.3, -0.25) is 0 Å². The summed E-state index contributed by atoms with van der Waals surface area (Å²) >= 11 is 5.45. The molecule has 0 nitrogen and oxygen atoms in total. The van der Waals surface area contributed by atoms with Crippen molar-refractivity contribution in [2.24, 2.45) is 0 Å². The Bertz CT molecular complexity index is 202. The van der Waals surface area contributed by atoms with E-state index in [2.05, 4.69) is 0 Å². The van der Waals surface area contributed by atoms with Crippen molar-refractivity contribution in [3.8, 4) is 0 Å². The van der Waals surface area contributed by atoms with Crippen LogP contribution in [0.1, 0.15) is 6.42 Å². The molecule has 1 aliphatic rings. The van der Waals surface area contributed by atoms with Crippen molar-refractivity contribution < 1.29 is 13.2 Å². The molecule has 11 heavy (non-hydrogen) atoms. The van der Waals surface area contributed by atoms with Crippen LogP contribution in [0.3, 0.4) is 0 Å². The fourth-order valence-corrected chi connectivity index (χ4v) is 0.874. The Kier molecular flexibility index (Phi) is 2.28. The van der Waals surface area contributed by atoms with Crippen LogP contribution in [0.15, 0.2) is 23.8 Å². The van der Waals surface area contributed by atoms with E-state index in [0.717, 1.165) is 12.2 Å². The molecule has 0 atom stereocenters. The van der Waals surface area contributed by atoms with Crippen molar-refractivity contribution in [2.75, 3.05) is 0 Å². The molecular weight excluding hydrogens is 177 g/mol. The van der Waals surface area contributed by atoms with Gasteiger partial charge in [-0.15, -0.1) is 11.6 Å². The lowest BCUT2D eigenvalue weighted by atomic mass is 10.1. The largest absolute Gasteiger partial charge is 0.416 e. The molecular formula is C7H5ClF3. The molecule has 61 valence electrons. The third kappa shape index (κ3) is 2.26. The molecule has 0 amide bonds. The van der Waals surface area contributed by atoms with Crippen LogP contribution in [0, 0.1) is 5.38 Å². The summed E-state index contributed by atoms with van der Waals surface area (Å²) in [7, 11) is 0. The van der Waals surface area contributed by atoms with Gasteiger partial charge in [-0.2, -0.15) is 13.2 Å². The standard InChI is InChI=1S/C7H5ClF3/c8-6-3-1-5(2-4-6)7(9,10)11/h1-3H,4H2. The molecule has 0 aromatic carbocycles. The van der Waals surface area contributed by atoms with E-state index in [0.29, 0.717) is 5.38 Å². The third-order valence-corrected chi connectivity index (χ3v) is 1.57. The van der Waals surface area contributed by atoms with Gasteiger partial charge < -0.3 is 0 Å². The van der Waals surface area contributed by atoms with Crippen molar-refractivity contribution in [3.05, 3.63) is 29.2 Å². The maximum Gasteiger partial charge on any atom is 0.416 e. The minimum Gasteiger partial charge on any atom is -0.166 e. The van der Waals surface area contributed by atoms with Crippen molar-refractivity contribution in [2.45, 2.75) is 12.6 Å². The van der Waals surface area contributed by atoms with Gasteiger partial charge in [-0.05, 0) is 6.42 Å². The molecule has 1 aliphatic carbocycles. The summed E-state index contributed by atoms with van der Waals surface area (Å²) in [5, 5.41) is 0.429. The second kappa shape index (κ2) is 2.89. The van der Waals surface area contributed by atoms with Gasteiger partial charge in [0.15, 0.2) is 0 Å². The quantitative estimate of drug-likeness (QED) is 0.538. The highest BCUT2D eigenvalue weighted by Gasteiger charge is 2.32. The van der Waals surface area contributed by atoms with Crippen LogP contribution in [0.5, 0.6) is 0 Å². The topological polar surface area (TPSA) is 0 Å². The van der Waals surface area contributed by atoms with Crippen molar-refractivity contribution in [3.63, 3.8) is 0 Å². The summed E-state index contributed by atoms with van der Waals surface area (Å²) in [6.07, 6.45) is -0.750. The van der Waals surface area contributed by atoms with Gasteiger partial charge in [-0.1, -0.05) is 18.2 Å². The van der Waals surface area contributed by atoms with Crippen LogP contribution >= 0.6 is 11.6 Å². The molecule has 0 aromatic rings. The van der Waals surface area contributed by atoms with E-state index in [1.807, 2.05) is 0 Å². The Morgan fingerprint density at radius 1 is 1.27 bits per heavy atom. The SMILES string of the molecule is FC(F)(F)C1=CC[C](Cl)C=C1. The second-order valence-electron chi connectivity index (χ2n) is 2.14. The smallest absolute Gasteiger partial charge is 0.166 e. The molecule has 4 heteroatoms. The Hall–Kier alpha value is -0.440. The summed E-state index contributed by atoms with van der Waals surface area (Å²) in [6.45, 7) is 0. The highest BCUT2D eigenvalue weighted by Crippen LogP contribution is 2.32. The minimum absolute atomic E-state index is 0.174. The van der Waals surface area contributed by atoms with E-state index < -0.39 is 11.7 Å². The number of allylic oxidation sites excluding steroid dienone is 4. The average Bonchev–Trinajstić information content (AvgIpc) is 1.86. The summed E-state index contributed by atoms with van der Waals surface area (Å²) in [4.78, 5) is 0. The van der Waals surface area contributed by atoms with Gasteiger partial charge >= 0.3 is 6.18 Å². The summed E-state index contributed by atoms with van der Waals surface area (Å²) in [6, 6.07) is 0. The van der Waals surface area contributed by atoms with E-state index in [1.165, 1.54) is 6.08 Å². The first-order chi connectivity index (χ1) is 5.00. The predicted octanol–water partition coefficient (Wildman–Crippen LogP) is 3.21. The lowest BCUT2D eigenvalue weighted by Crippen LogP contribution is -2.11. The first-order valence-corrected chi connectivity index (χ1v) is 3.35. The zero-order chi connectivity index (χ0) is 8.48. The van der Waals surface area contributed by atoms with E-state index in [4.69, 9.17) is 11.6 Å². The number of hydrogen-bond donors (Lipinski definition) is 0. The number of rotatable bonds is 0. The van der Waals surface area contributed by atoms with Crippen LogP contribution < -0.4 is 0 Å². The maximum atomic E-state index is 11.9. The monoisotopic (exact) mass is 181 g/mol. The van der Waals surface area contributed by atoms with Crippen LogP contribution in [0.25, 0.3) is 0 Å². The lowest BCUT2D eigenvalue weighted by molar-refractivity contribution is -0.0885. The molecule has 0 heterocycles. The van der Waals surface area contributed by atoms with E-state index in [1.54, 1.807) is 0 Å². The fourth-order valence-electron chi connectivity index (χ4n) is 0.734. The molecule has 0 bridgehead atoms. The van der Waals surface area contributed by atoms with Crippen LogP contribution in [0.4, 0.5) is 13.2 Å². The molecule has 0 saturated carbocycles. The average molecular weight is 182 g/mol. The molecule has 0 aromatic heterocycles. The molecule has 0 spiro atoms. The molecule has 1 rings (SSSR count). The van der Waals surface area contributed by atoms with Gasteiger partial charge in [0.25, 0.3) is 0 Å². The van der Waals surface area contributed by atoms with Gasteiger partial charge in [0.05, 0.1) is 11.0 Å². The molecule has 0 fully saturated rings. The fraction of sp³-hybridized carbons (Fsp3) is 0.286. The van der Waals surface area contributed by atoms with Crippen molar-refractivity contribution in [1.82, 2.24) is 0 Å². The van der Waals surface area contributed by atoms with Gasteiger partial charge in [-0.25, -0.2) is 0 Å². The van der Waals surface area contributed by atoms with Crippen LogP contribution in [-0.4, -0.2) is 6.18 Å². The van der Waals surface area contributed by atoms with E-state index >= 15 is 0 Å². The first kappa shape index (κ1) is 8.65. The molecule has 0 saturated heterocycles. The Balaban J connectivity index is 2.71.